The average Bonchev–Trinajstić information content (AvgIpc) is 2.96. The minimum Gasteiger partial charge on any atom is -0.494 e. The molecule has 1 N–H and O–H groups in total. The highest BCUT2D eigenvalue weighted by Crippen LogP contribution is 2.32. The fraction of sp³-hybridized carbons (Fsp3) is 0.111. The second-order valence-electron chi connectivity index (χ2n) is 4.75. The SMILES string of the molecule is CCOc1ccc2[nH]cc(-c3ncccc3C=CC#N)c2c1. The Morgan fingerprint density at radius 1 is 1.36 bits per heavy atom. The van der Waals surface area contributed by atoms with Crippen LogP contribution in [0.2, 0.25) is 0 Å². The third-order valence-electron chi connectivity index (χ3n) is 3.40. The standard InChI is InChI=1S/C18H15N3O/c1-2-22-14-7-8-17-15(11-14)16(12-21-17)18-13(5-3-9-19)6-4-10-20-18/h3-8,10-12,21H,2H2,1H3. The number of ether oxygens (including phenoxy) is 1. The number of nitrogens with zero attached hydrogens (tertiary/aromatic N) is 2. The molecule has 2 heterocycles. The maximum Gasteiger partial charge on any atom is 0.120 e. The molecule has 1 aromatic carbocycles. The second-order valence-corrected chi connectivity index (χ2v) is 4.75. The molecule has 3 rings (SSSR count). The molecule has 4 nitrogen and oxygen atoms in total. The molecule has 0 spiro atoms. The molecule has 2 aromatic heterocycles. The Kier molecular flexibility index (Phi) is 3.88. The van der Waals surface area contributed by atoms with Crippen molar-refractivity contribution in [1.29, 1.82) is 5.26 Å². The first-order valence-corrected chi connectivity index (χ1v) is 7.09. The lowest BCUT2D eigenvalue weighted by Gasteiger charge is -2.05. The van der Waals surface area contributed by atoms with E-state index >= 15 is 0 Å². The maximum absolute atomic E-state index is 8.74. The summed E-state index contributed by atoms with van der Waals surface area (Å²) >= 11 is 0. The smallest absolute Gasteiger partial charge is 0.120 e. The lowest BCUT2D eigenvalue weighted by Crippen LogP contribution is -1.91. The van der Waals surface area contributed by atoms with E-state index in [0.29, 0.717) is 6.61 Å². The van der Waals surface area contributed by atoms with Crippen LogP contribution in [0.3, 0.4) is 0 Å². The van der Waals surface area contributed by atoms with Gasteiger partial charge in [-0.3, -0.25) is 4.98 Å². The Morgan fingerprint density at radius 2 is 2.27 bits per heavy atom. The molecule has 0 aliphatic rings. The zero-order valence-corrected chi connectivity index (χ0v) is 12.2. The van der Waals surface area contributed by atoms with Crippen molar-refractivity contribution in [2.75, 3.05) is 6.61 Å². The number of hydrogen-bond donors (Lipinski definition) is 1. The van der Waals surface area contributed by atoms with Crippen LogP contribution >= 0.6 is 0 Å². The van der Waals surface area contributed by atoms with Crippen LogP contribution < -0.4 is 4.74 Å². The summed E-state index contributed by atoms with van der Waals surface area (Å²) in [6.45, 7) is 2.59. The van der Waals surface area contributed by atoms with E-state index in [4.69, 9.17) is 10.00 Å². The Balaban J connectivity index is 2.16. The summed E-state index contributed by atoms with van der Waals surface area (Å²) < 4.78 is 5.58. The first-order chi connectivity index (χ1) is 10.8. The van der Waals surface area contributed by atoms with Crippen molar-refractivity contribution in [3.8, 4) is 23.1 Å². The maximum atomic E-state index is 8.74. The van der Waals surface area contributed by atoms with Crippen LogP contribution in [0, 0.1) is 11.3 Å². The third kappa shape index (κ3) is 2.57. The van der Waals surface area contributed by atoms with Crippen molar-refractivity contribution in [2.45, 2.75) is 6.92 Å². The minimum absolute atomic E-state index is 0.630. The van der Waals surface area contributed by atoms with Crippen molar-refractivity contribution in [3.05, 3.63) is 54.4 Å². The van der Waals surface area contributed by atoms with E-state index in [9.17, 15) is 0 Å². The molecule has 4 heteroatoms. The molecule has 0 aliphatic carbocycles. The number of benzene rings is 1. The quantitative estimate of drug-likeness (QED) is 0.733. The summed E-state index contributed by atoms with van der Waals surface area (Å²) in [5.41, 5.74) is 3.77. The van der Waals surface area contributed by atoms with E-state index in [1.165, 1.54) is 6.08 Å². The van der Waals surface area contributed by atoms with Gasteiger partial charge in [-0.25, -0.2) is 0 Å². The van der Waals surface area contributed by atoms with E-state index < -0.39 is 0 Å². The molecular formula is C18H15N3O. The topological polar surface area (TPSA) is 61.7 Å². The number of aromatic amines is 1. The highest BCUT2D eigenvalue weighted by molar-refractivity contribution is 5.97. The highest BCUT2D eigenvalue weighted by Gasteiger charge is 2.11. The average molecular weight is 289 g/mol. The molecule has 0 aliphatic heterocycles. The van der Waals surface area contributed by atoms with Crippen molar-refractivity contribution in [3.63, 3.8) is 0 Å². The van der Waals surface area contributed by atoms with E-state index in [0.717, 1.165) is 33.5 Å². The van der Waals surface area contributed by atoms with Gasteiger partial charge in [0.05, 0.1) is 18.4 Å². The number of H-pyrrole nitrogens is 1. The van der Waals surface area contributed by atoms with Gasteiger partial charge in [-0.15, -0.1) is 0 Å². The molecule has 0 bridgehead atoms. The number of aromatic nitrogens is 2. The second kappa shape index (κ2) is 6.15. The highest BCUT2D eigenvalue weighted by atomic mass is 16.5. The predicted molar refractivity (Wildman–Crippen MR) is 87.3 cm³/mol. The van der Waals surface area contributed by atoms with Crippen LogP contribution in [0.5, 0.6) is 5.75 Å². The molecule has 108 valence electrons. The molecule has 0 saturated carbocycles. The largest absolute Gasteiger partial charge is 0.494 e. The first-order valence-electron chi connectivity index (χ1n) is 7.09. The monoisotopic (exact) mass is 289 g/mol. The molecule has 0 amide bonds. The summed E-state index contributed by atoms with van der Waals surface area (Å²) in [7, 11) is 0. The van der Waals surface area contributed by atoms with Gasteiger partial charge in [0.15, 0.2) is 0 Å². The normalized spacial score (nSPS) is 10.9. The van der Waals surface area contributed by atoms with Crippen LogP contribution in [0.15, 0.2) is 48.8 Å². The van der Waals surface area contributed by atoms with E-state index in [-0.39, 0.29) is 0 Å². The Bertz CT molecular complexity index is 871. The molecule has 0 atom stereocenters. The van der Waals surface area contributed by atoms with Gasteiger partial charge in [-0.05, 0) is 37.3 Å². The van der Waals surface area contributed by atoms with Gasteiger partial charge in [-0.2, -0.15) is 5.26 Å². The van der Waals surface area contributed by atoms with Gasteiger partial charge in [0.25, 0.3) is 0 Å². The zero-order valence-electron chi connectivity index (χ0n) is 12.2. The molecular weight excluding hydrogens is 274 g/mol. The van der Waals surface area contributed by atoms with Crippen LogP contribution in [-0.4, -0.2) is 16.6 Å². The van der Waals surface area contributed by atoms with E-state index in [2.05, 4.69) is 9.97 Å². The van der Waals surface area contributed by atoms with E-state index in [1.807, 2.05) is 49.5 Å². The van der Waals surface area contributed by atoms with Gasteiger partial charge < -0.3 is 9.72 Å². The van der Waals surface area contributed by atoms with Crippen LogP contribution in [0.4, 0.5) is 0 Å². The number of rotatable bonds is 4. The summed E-state index contributed by atoms with van der Waals surface area (Å²) in [6, 6.07) is 11.8. The Hall–Kier alpha value is -3.06. The van der Waals surface area contributed by atoms with Gasteiger partial charge in [-0.1, -0.05) is 6.07 Å². The molecule has 0 radical (unpaired) electrons. The van der Waals surface area contributed by atoms with Crippen LogP contribution in [-0.2, 0) is 0 Å². The number of pyridine rings is 1. The Morgan fingerprint density at radius 3 is 3.09 bits per heavy atom. The number of nitrogens with one attached hydrogen (secondary N) is 1. The minimum atomic E-state index is 0.630. The Labute approximate surface area is 128 Å². The lowest BCUT2D eigenvalue weighted by atomic mass is 10.0. The van der Waals surface area contributed by atoms with Crippen LogP contribution in [0.1, 0.15) is 12.5 Å². The number of nitriles is 1. The van der Waals surface area contributed by atoms with Crippen molar-refractivity contribution < 1.29 is 4.74 Å². The van der Waals surface area contributed by atoms with Crippen LogP contribution in [0.25, 0.3) is 28.2 Å². The van der Waals surface area contributed by atoms with Gasteiger partial charge in [0.1, 0.15) is 5.75 Å². The van der Waals surface area contributed by atoms with Gasteiger partial charge >= 0.3 is 0 Å². The van der Waals surface area contributed by atoms with Crippen molar-refractivity contribution >= 4 is 17.0 Å². The predicted octanol–water partition coefficient (Wildman–Crippen LogP) is 4.17. The van der Waals surface area contributed by atoms with Crippen molar-refractivity contribution in [1.82, 2.24) is 9.97 Å². The fourth-order valence-electron chi connectivity index (χ4n) is 2.46. The summed E-state index contributed by atoms with van der Waals surface area (Å²) in [5, 5.41) is 9.79. The van der Waals surface area contributed by atoms with Gasteiger partial charge in [0, 0.05) is 40.5 Å². The molecule has 0 unspecified atom stereocenters. The zero-order chi connectivity index (χ0) is 15.4. The molecule has 0 fully saturated rings. The molecule has 22 heavy (non-hydrogen) atoms. The molecule has 3 aromatic rings. The lowest BCUT2D eigenvalue weighted by molar-refractivity contribution is 0.341. The van der Waals surface area contributed by atoms with Gasteiger partial charge in [0.2, 0.25) is 0 Å². The first kappa shape index (κ1) is 13.9. The summed E-state index contributed by atoms with van der Waals surface area (Å²) in [4.78, 5) is 7.73. The van der Waals surface area contributed by atoms with Crippen molar-refractivity contribution in [2.24, 2.45) is 0 Å². The fourth-order valence-corrected chi connectivity index (χ4v) is 2.46. The molecule has 0 saturated heterocycles. The summed E-state index contributed by atoms with van der Waals surface area (Å²) in [6.07, 6.45) is 6.92. The third-order valence-corrected chi connectivity index (χ3v) is 3.40. The van der Waals surface area contributed by atoms with E-state index in [1.54, 1.807) is 12.3 Å². The number of allylic oxidation sites excluding steroid dienone is 1. The number of fused-ring (bicyclic) bond motifs is 1. The summed E-state index contributed by atoms with van der Waals surface area (Å²) in [5.74, 6) is 0.834. The number of hydrogen-bond acceptors (Lipinski definition) is 3.